The highest BCUT2D eigenvalue weighted by atomic mass is 16.2. The molecule has 0 spiro atoms. The van der Waals surface area contributed by atoms with Gasteiger partial charge in [0.2, 0.25) is 0 Å². The number of rotatable bonds is 4. The smallest absolute Gasteiger partial charge is 0.251 e. The molecule has 1 heterocycles. The summed E-state index contributed by atoms with van der Waals surface area (Å²) in [4.78, 5) is 14.9. The fourth-order valence-corrected chi connectivity index (χ4v) is 4.65. The monoisotopic (exact) mass is 382 g/mol. The van der Waals surface area contributed by atoms with Gasteiger partial charge in [0.05, 0.1) is 0 Å². The third kappa shape index (κ3) is 5.70. The SMILES string of the molecule is CC1=C(C)[C@@H](NC2CCCCCCCCCCC2)N(Cc2ccccc2)C1=O. The molecule has 0 radical (unpaired) electrons. The normalized spacial score (nSPS) is 23.6. The van der Waals surface area contributed by atoms with E-state index >= 15 is 0 Å². The number of carbonyl (C=O) groups is 1. The lowest BCUT2D eigenvalue weighted by atomic mass is 9.97. The highest BCUT2D eigenvalue weighted by molar-refractivity contribution is 5.96. The highest BCUT2D eigenvalue weighted by Gasteiger charge is 2.35. The van der Waals surface area contributed by atoms with Gasteiger partial charge in [0.15, 0.2) is 0 Å². The van der Waals surface area contributed by atoms with E-state index in [4.69, 9.17) is 0 Å². The van der Waals surface area contributed by atoms with E-state index in [0.717, 1.165) is 5.57 Å². The minimum atomic E-state index is 0.0469. The number of carbonyl (C=O) groups excluding carboxylic acids is 1. The Hall–Kier alpha value is -1.61. The molecule has 1 aliphatic heterocycles. The zero-order valence-corrected chi connectivity index (χ0v) is 17.9. The van der Waals surface area contributed by atoms with Crippen molar-refractivity contribution in [3.63, 3.8) is 0 Å². The molecule has 1 N–H and O–H groups in total. The molecule has 1 fully saturated rings. The van der Waals surface area contributed by atoms with Crippen LogP contribution in [0.5, 0.6) is 0 Å². The molecule has 3 rings (SSSR count). The summed E-state index contributed by atoms with van der Waals surface area (Å²) in [6.07, 6.45) is 14.8. The van der Waals surface area contributed by atoms with Crippen LogP contribution in [0.1, 0.15) is 90.0 Å². The quantitative estimate of drug-likeness (QED) is 0.697. The largest absolute Gasteiger partial charge is 0.315 e. The second-order valence-corrected chi connectivity index (χ2v) is 8.75. The van der Waals surface area contributed by atoms with E-state index in [1.807, 2.05) is 17.9 Å². The average molecular weight is 383 g/mol. The number of nitrogens with zero attached hydrogens (tertiary/aromatic N) is 1. The number of amides is 1. The summed E-state index contributed by atoms with van der Waals surface area (Å²) in [6, 6.07) is 10.9. The summed E-state index contributed by atoms with van der Waals surface area (Å²) in [7, 11) is 0. The van der Waals surface area contributed by atoms with E-state index < -0.39 is 0 Å². The summed E-state index contributed by atoms with van der Waals surface area (Å²) in [5, 5.41) is 3.90. The molecule has 1 saturated carbocycles. The van der Waals surface area contributed by atoms with Gasteiger partial charge in [-0.25, -0.2) is 0 Å². The van der Waals surface area contributed by atoms with Crippen LogP contribution < -0.4 is 5.32 Å². The standard InChI is InChI=1S/C25H38N2O/c1-20-21(2)25(28)27(19-22-15-11-10-12-16-22)24(20)26-23-17-13-8-6-4-3-5-7-9-14-18-23/h10-12,15-16,23-24,26H,3-9,13-14,17-19H2,1-2H3/t24-/m0/s1. The summed E-state index contributed by atoms with van der Waals surface area (Å²) < 4.78 is 0. The van der Waals surface area contributed by atoms with Crippen LogP contribution in [-0.4, -0.2) is 23.0 Å². The van der Waals surface area contributed by atoms with Crippen LogP contribution in [0.25, 0.3) is 0 Å². The summed E-state index contributed by atoms with van der Waals surface area (Å²) in [6.45, 7) is 4.79. The van der Waals surface area contributed by atoms with Gasteiger partial charge in [-0.2, -0.15) is 0 Å². The Morgan fingerprint density at radius 1 is 0.857 bits per heavy atom. The molecule has 1 atom stereocenters. The maximum Gasteiger partial charge on any atom is 0.251 e. The summed E-state index contributed by atoms with van der Waals surface area (Å²) in [5.41, 5.74) is 3.32. The van der Waals surface area contributed by atoms with E-state index in [9.17, 15) is 4.79 Å². The van der Waals surface area contributed by atoms with E-state index in [0.29, 0.717) is 12.6 Å². The molecule has 3 nitrogen and oxygen atoms in total. The Labute approximate surface area is 171 Å². The molecular formula is C25H38N2O. The lowest BCUT2D eigenvalue weighted by Crippen LogP contribution is -2.49. The minimum absolute atomic E-state index is 0.0469. The van der Waals surface area contributed by atoms with Crippen molar-refractivity contribution in [3.05, 3.63) is 47.0 Å². The van der Waals surface area contributed by atoms with Crippen LogP contribution in [0.15, 0.2) is 41.5 Å². The van der Waals surface area contributed by atoms with E-state index in [2.05, 4.69) is 36.5 Å². The van der Waals surface area contributed by atoms with Crippen LogP contribution in [0, 0.1) is 0 Å². The number of benzene rings is 1. The lowest BCUT2D eigenvalue weighted by molar-refractivity contribution is -0.128. The molecule has 0 unspecified atom stereocenters. The highest BCUT2D eigenvalue weighted by Crippen LogP contribution is 2.27. The van der Waals surface area contributed by atoms with E-state index in [-0.39, 0.29) is 12.1 Å². The van der Waals surface area contributed by atoms with E-state index in [1.54, 1.807) is 0 Å². The molecule has 1 aromatic rings. The molecule has 0 saturated heterocycles. The third-order valence-electron chi connectivity index (χ3n) is 6.59. The Bertz CT molecular complexity index is 640. The number of hydrogen-bond donors (Lipinski definition) is 1. The average Bonchev–Trinajstić information content (AvgIpc) is 2.89. The first-order chi connectivity index (χ1) is 13.7. The fraction of sp³-hybridized carbons (Fsp3) is 0.640. The van der Waals surface area contributed by atoms with Gasteiger partial charge in [0, 0.05) is 18.2 Å². The summed E-state index contributed by atoms with van der Waals surface area (Å²) in [5.74, 6) is 0.187. The Morgan fingerprint density at radius 3 is 1.96 bits per heavy atom. The Morgan fingerprint density at radius 2 is 1.39 bits per heavy atom. The van der Waals surface area contributed by atoms with Crippen molar-refractivity contribution in [3.8, 4) is 0 Å². The molecular weight excluding hydrogens is 344 g/mol. The second kappa shape index (κ2) is 10.8. The first-order valence-corrected chi connectivity index (χ1v) is 11.4. The van der Waals surface area contributed by atoms with Crippen LogP contribution in [-0.2, 0) is 11.3 Å². The van der Waals surface area contributed by atoms with Gasteiger partial charge >= 0.3 is 0 Å². The van der Waals surface area contributed by atoms with E-state index in [1.165, 1.54) is 81.8 Å². The first-order valence-electron chi connectivity index (χ1n) is 11.4. The molecule has 0 aromatic heterocycles. The van der Waals surface area contributed by atoms with Crippen molar-refractivity contribution < 1.29 is 4.79 Å². The van der Waals surface area contributed by atoms with Crippen molar-refractivity contribution in [1.82, 2.24) is 10.2 Å². The van der Waals surface area contributed by atoms with Crippen molar-refractivity contribution >= 4 is 5.91 Å². The maximum absolute atomic E-state index is 12.9. The van der Waals surface area contributed by atoms with Crippen molar-refractivity contribution in [2.24, 2.45) is 0 Å². The lowest BCUT2D eigenvalue weighted by Gasteiger charge is -2.32. The molecule has 3 heteroatoms. The van der Waals surface area contributed by atoms with Crippen molar-refractivity contribution in [2.45, 2.75) is 103 Å². The first kappa shape index (κ1) is 21.1. The molecule has 2 aliphatic rings. The van der Waals surface area contributed by atoms with Gasteiger partial charge in [-0.3, -0.25) is 10.1 Å². The number of nitrogens with one attached hydrogen (secondary N) is 1. The molecule has 0 bridgehead atoms. The minimum Gasteiger partial charge on any atom is -0.315 e. The van der Waals surface area contributed by atoms with Crippen molar-refractivity contribution in [2.75, 3.05) is 0 Å². The van der Waals surface area contributed by atoms with Crippen molar-refractivity contribution in [1.29, 1.82) is 0 Å². The van der Waals surface area contributed by atoms with Gasteiger partial charge < -0.3 is 4.90 Å². The van der Waals surface area contributed by atoms with Crippen LogP contribution >= 0.6 is 0 Å². The van der Waals surface area contributed by atoms with Gasteiger partial charge in [-0.15, -0.1) is 0 Å². The molecule has 154 valence electrons. The van der Waals surface area contributed by atoms with Gasteiger partial charge in [0.25, 0.3) is 5.91 Å². The second-order valence-electron chi connectivity index (χ2n) is 8.75. The van der Waals surface area contributed by atoms with Gasteiger partial charge in [-0.1, -0.05) is 88.1 Å². The molecule has 1 aromatic carbocycles. The Kier molecular flexibility index (Phi) is 8.14. The topological polar surface area (TPSA) is 32.3 Å². The van der Waals surface area contributed by atoms with Gasteiger partial charge in [0.1, 0.15) is 6.17 Å². The molecule has 1 amide bonds. The fourth-order valence-electron chi connectivity index (χ4n) is 4.65. The Balaban J connectivity index is 1.67. The molecule has 28 heavy (non-hydrogen) atoms. The number of hydrogen-bond acceptors (Lipinski definition) is 2. The van der Waals surface area contributed by atoms with Crippen LogP contribution in [0.3, 0.4) is 0 Å². The van der Waals surface area contributed by atoms with Gasteiger partial charge in [-0.05, 0) is 37.8 Å². The summed E-state index contributed by atoms with van der Waals surface area (Å²) >= 11 is 0. The zero-order valence-electron chi connectivity index (χ0n) is 17.9. The zero-order chi connectivity index (χ0) is 19.8. The predicted octanol–water partition coefficient (Wildman–Crippen LogP) is 5.95. The molecule has 1 aliphatic carbocycles. The predicted molar refractivity (Wildman–Crippen MR) is 117 cm³/mol. The third-order valence-corrected chi connectivity index (χ3v) is 6.59. The van der Waals surface area contributed by atoms with Crippen LogP contribution in [0.4, 0.5) is 0 Å². The maximum atomic E-state index is 12.9. The van der Waals surface area contributed by atoms with Crippen LogP contribution in [0.2, 0.25) is 0 Å².